The highest BCUT2D eigenvalue weighted by molar-refractivity contribution is 9.10. The number of rotatable bonds is 4. The monoisotopic (exact) mass is 552 g/mol. The molecule has 186 valence electrons. The molecule has 0 unspecified atom stereocenters. The molecule has 5 rings (SSSR count). The third-order valence-corrected chi connectivity index (χ3v) is 6.88. The Bertz CT molecular complexity index is 1450. The van der Waals surface area contributed by atoms with Gasteiger partial charge in [-0.3, -0.25) is 20.0 Å². The van der Waals surface area contributed by atoms with E-state index in [1.807, 2.05) is 24.4 Å². The third kappa shape index (κ3) is 5.58. The highest BCUT2D eigenvalue weighted by Gasteiger charge is 2.51. The second-order valence-corrected chi connectivity index (χ2v) is 10.5. The maximum absolute atomic E-state index is 11.6. The lowest BCUT2D eigenvalue weighted by molar-refractivity contribution is -0.384. The number of nitrogens with zero attached hydrogens (tertiary/aromatic N) is 3. The van der Waals surface area contributed by atoms with Crippen LogP contribution in [0.5, 0.6) is 0 Å². The molecule has 9 nitrogen and oxygen atoms in total. The summed E-state index contributed by atoms with van der Waals surface area (Å²) in [7, 11) is -0.317. The smallest absolute Gasteiger partial charge is 0.399 e. The summed E-state index contributed by atoms with van der Waals surface area (Å²) >= 11 is 3.28. The van der Waals surface area contributed by atoms with E-state index in [9.17, 15) is 14.9 Å². The Morgan fingerprint density at radius 3 is 2.50 bits per heavy atom. The average molecular weight is 553 g/mol. The topological polar surface area (TPSA) is 112 Å². The molecule has 36 heavy (non-hydrogen) atoms. The van der Waals surface area contributed by atoms with Crippen molar-refractivity contribution in [2.45, 2.75) is 45.4 Å². The Hall–Kier alpha value is -3.28. The molecule has 1 saturated heterocycles. The van der Waals surface area contributed by atoms with Gasteiger partial charge in [0.15, 0.2) is 0 Å². The highest BCUT2D eigenvalue weighted by Crippen LogP contribution is 2.36. The zero-order valence-corrected chi connectivity index (χ0v) is 22.0. The number of nitro groups is 1. The van der Waals surface area contributed by atoms with Crippen LogP contribution in [0.1, 0.15) is 33.3 Å². The molecule has 0 bridgehead atoms. The van der Waals surface area contributed by atoms with Crippen LogP contribution in [-0.2, 0) is 15.9 Å². The normalized spacial score (nSPS) is 16.0. The van der Waals surface area contributed by atoms with Gasteiger partial charge < -0.3 is 13.9 Å². The fourth-order valence-electron chi connectivity index (χ4n) is 3.67. The number of benzene rings is 2. The van der Waals surface area contributed by atoms with Crippen LogP contribution in [0.2, 0.25) is 0 Å². The van der Waals surface area contributed by atoms with E-state index >= 15 is 0 Å². The lowest BCUT2D eigenvalue weighted by Crippen LogP contribution is -2.41. The van der Waals surface area contributed by atoms with E-state index in [-0.39, 0.29) is 29.6 Å². The Balaban J connectivity index is 0.000000169. The number of H-pyrrole nitrogens is 1. The van der Waals surface area contributed by atoms with Crippen molar-refractivity contribution in [2.75, 3.05) is 0 Å². The molecular formula is C25H26BBrN4O5. The molecule has 0 radical (unpaired) electrons. The summed E-state index contributed by atoms with van der Waals surface area (Å²) in [6, 6.07) is 15.4. The van der Waals surface area contributed by atoms with E-state index in [0.29, 0.717) is 12.1 Å². The number of nitro benzene ring substituents is 1. The Morgan fingerprint density at radius 2 is 1.81 bits per heavy atom. The van der Waals surface area contributed by atoms with Crippen molar-refractivity contribution in [3.8, 4) is 0 Å². The summed E-state index contributed by atoms with van der Waals surface area (Å²) in [4.78, 5) is 21.8. The van der Waals surface area contributed by atoms with Gasteiger partial charge in [-0.05, 0) is 66.8 Å². The lowest BCUT2D eigenvalue weighted by atomic mass is 9.79. The molecule has 3 heterocycles. The number of hydrogen-bond acceptors (Lipinski definition) is 6. The van der Waals surface area contributed by atoms with Crippen molar-refractivity contribution < 1.29 is 14.2 Å². The number of aromatic nitrogens is 3. The fourth-order valence-corrected chi connectivity index (χ4v) is 4.05. The molecule has 1 aliphatic rings. The van der Waals surface area contributed by atoms with Crippen LogP contribution in [0.15, 0.2) is 76.3 Å². The van der Waals surface area contributed by atoms with Crippen molar-refractivity contribution in [2.24, 2.45) is 0 Å². The van der Waals surface area contributed by atoms with E-state index in [1.54, 1.807) is 24.4 Å². The molecule has 2 aromatic carbocycles. The van der Waals surface area contributed by atoms with Crippen molar-refractivity contribution in [3.05, 3.63) is 97.5 Å². The van der Waals surface area contributed by atoms with Gasteiger partial charge in [0.05, 0.1) is 34.4 Å². The summed E-state index contributed by atoms with van der Waals surface area (Å²) in [5.41, 5.74) is 2.00. The molecule has 0 aliphatic carbocycles. The van der Waals surface area contributed by atoms with Crippen LogP contribution in [0, 0.1) is 10.1 Å². The number of nitrogens with one attached hydrogen (secondary N) is 1. The van der Waals surface area contributed by atoms with E-state index < -0.39 is 4.92 Å². The van der Waals surface area contributed by atoms with Crippen LogP contribution in [0.3, 0.4) is 0 Å². The minimum absolute atomic E-state index is 0.0237. The first-order valence-electron chi connectivity index (χ1n) is 11.3. The van der Waals surface area contributed by atoms with Gasteiger partial charge in [0.1, 0.15) is 0 Å². The molecule has 1 N–H and O–H groups in total. The van der Waals surface area contributed by atoms with E-state index in [0.717, 1.165) is 20.8 Å². The van der Waals surface area contributed by atoms with E-state index in [4.69, 9.17) is 9.31 Å². The Kier molecular flexibility index (Phi) is 7.17. The predicted molar refractivity (Wildman–Crippen MR) is 142 cm³/mol. The van der Waals surface area contributed by atoms with E-state index in [1.165, 1.54) is 22.8 Å². The van der Waals surface area contributed by atoms with Gasteiger partial charge in [-0.25, -0.2) is 0 Å². The molecule has 4 aromatic rings. The average Bonchev–Trinajstić information content (AvgIpc) is 3.37. The first-order chi connectivity index (χ1) is 16.9. The zero-order chi connectivity index (χ0) is 26.1. The van der Waals surface area contributed by atoms with Gasteiger partial charge in [0, 0.05) is 34.3 Å². The van der Waals surface area contributed by atoms with Crippen LogP contribution in [-0.4, -0.2) is 38.0 Å². The molecule has 0 atom stereocenters. The largest absolute Gasteiger partial charge is 0.494 e. The van der Waals surface area contributed by atoms with Crippen molar-refractivity contribution in [1.29, 1.82) is 0 Å². The minimum Gasteiger partial charge on any atom is -0.399 e. The van der Waals surface area contributed by atoms with Crippen LogP contribution in [0.4, 0.5) is 5.69 Å². The van der Waals surface area contributed by atoms with Gasteiger partial charge >= 0.3 is 7.12 Å². The summed E-state index contributed by atoms with van der Waals surface area (Å²) in [5.74, 6) is 0. The van der Waals surface area contributed by atoms with Crippen LogP contribution >= 0.6 is 15.9 Å². The number of hydrogen-bond donors (Lipinski definition) is 1. The molecule has 0 spiro atoms. The second-order valence-electron chi connectivity index (χ2n) is 9.55. The molecule has 0 saturated carbocycles. The molecule has 2 aromatic heterocycles. The number of pyridine rings is 1. The Morgan fingerprint density at radius 1 is 1.08 bits per heavy atom. The second kappa shape index (κ2) is 10.0. The van der Waals surface area contributed by atoms with Crippen LogP contribution in [0.25, 0.3) is 10.9 Å². The summed E-state index contributed by atoms with van der Waals surface area (Å²) in [6.45, 7) is 8.53. The van der Waals surface area contributed by atoms with Crippen molar-refractivity contribution in [3.63, 3.8) is 0 Å². The molecule has 1 fully saturated rings. The van der Waals surface area contributed by atoms with Gasteiger partial charge in [-0.2, -0.15) is 5.10 Å². The predicted octanol–water partition coefficient (Wildman–Crippen LogP) is 4.43. The van der Waals surface area contributed by atoms with Gasteiger partial charge in [-0.15, -0.1) is 0 Å². The van der Waals surface area contributed by atoms with Gasteiger partial charge in [0.25, 0.3) is 11.2 Å². The highest BCUT2D eigenvalue weighted by atomic mass is 79.9. The summed E-state index contributed by atoms with van der Waals surface area (Å²) < 4.78 is 14.3. The number of fused-ring (bicyclic) bond motifs is 1. The third-order valence-electron chi connectivity index (χ3n) is 6.41. The van der Waals surface area contributed by atoms with Crippen LogP contribution < -0.4 is 11.0 Å². The molecule has 0 amide bonds. The number of halogens is 1. The summed E-state index contributed by atoms with van der Waals surface area (Å²) in [5, 5.41) is 18.7. The van der Waals surface area contributed by atoms with Crippen molar-refractivity contribution >= 4 is 45.1 Å². The molecule has 11 heteroatoms. The maximum Gasteiger partial charge on any atom is 0.494 e. The fraction of sp³-hybridized carbons (Fsp3) is 0.280. The minimum atomic E-state index is -0.451. The number of non-ortho nitro benzene ring substituents is 1. The van der Waals surface area contributed by atoms with Crippen molar-refractivity contribution in [1.82, 2.24) is 14.8 Å². The van der Waals surface area contributed by atoms with E-state index in [2.05, 4.69) is 53.8 Å². The Labute approximate surface area is 216 Å². The molecular weight excluding hydrogens is 527 g/mol. The number of aromatic amines is 1. The molecule has 1 aliphatic heterocycles. The first-order valence-corrected chi connectivity index (χ1v) is 12.1. The van der Waals surface area contributed by atoms with Gasteiger partial charge in [0.2, 0.25) is 0 Å². The maximum atomic E-state index is 11.6. The standard InChI is InChI=1S/C13H17BN2O2.C12H9BrN2O3/c1-12(2)13(3,4)18-14(17-12)10-6-5-9-8-15-16-11(9)7-10;13-10-4-5-12(16)14(8-10)7-9-2-1-3-11(6-9)15(17)18/h5-8H,1-4H3,(H,15,16);1-6,8H,7H2. The zero-order valence-electron chi connectivity index (χ0n) is 20.4. The SMILES string of the molecule is CC1(C)OB(c2ccc3cn[nH]c3c2)OC1(C)C.O=c1ccc(Br)cn1Cc1cccc([N+](=O)[O-])c1. The lowest BCUT2D eigenvalue weighted by Gasteiger charge is -2.32. The first kappa shape index (κ1) is 25.8. The quantitative estimate of drug-likeness (QED) is 0.228. The summed E-state index contributed by atoms with van der Waals surface area (Å²) in [6.07, 6.45) is 3.46. The van der Waals surface area contributed by atoms with Gasteiger partial charge in [-0.1, -0.05) is 24.3 Å².